The first-order valence-corrected chi connectivity index (χ1v) is 5.18. The van der Waals surface area contributed by atoms with E-state index >= 15 is 0 Å². The van der Waals surface area contributed by atoms with Gasteiger partial charge in [-0.15, -0.1) is 0 Å². The minimum atomic E-state index is -0.407. The molecule has 2 rings (SSSR count). The van der Waals surface area contributed by atoms with Gasteiger partial charge in [0.25, 0.3) is 0 Å². The van der Waals surface area contributed by atoms with Crippen molar-refractivity contribution in [2.75, 3.05) is 0 Å². The molecule has 3 N–H and O–H groups in total. The molecule has 1 aromatic heterocycles. The van der Waals surface area contributed by atoms with Crippen molar-refractivity contribution in [3.05, 3.63) is 34.2 Å². The molecule has 0 unspecified atom stereocenters. The summed E-state index contributed by atoms with van der Waals surface area (Å²) in [5, 5.41) is 18.5. The van der Waals surface area contributed by atoms with Crippen LogP contribution < -0.4 is 5.73 Å². The number of nitrogens with two attached hydrogens (primary N) is 1. The van der Waals surface area contributed by atoms with E-state index in [-0.39, 0.29) is 21.7 Å². The largest absolute Gasteiger partial charge is 0.409 e. The van der Waals surface area contributed by atoms with Crippen LogP contribution in [0.15, 0.2) is 32.5 Å². The molecule has 1 heterocycles. The van der Waals surface area contributed by atoms with Crippen LogP contribution in [0.5, 0.6) is 0 Å². The average molecular weight is 301 g/mol. The number of benzene rings is 1. The molecule has 0 atom stereocenters. The second kappa shape index (κ2) is 4.50. The van der Waals surface area contributed by atoms with Gasteiger partial charge in [-0.25, -0.2) is 9.02 Å². The predicted molar refractivity (Wildman–Crippen MR) is 59.9 cm³/mol. The number of rotatable bonds is 2. The van der Waals surface area contributed by atoms with Crippen molar-refractivity contribution >= 4 is 21.8 Å². The summed E-state index contributed by atoms with van der Waals surface area (Å²) in [7, 11) is 0. The molecular formula is C9H6BrFN4O2. The molecule has 0 saturated carbocycles. The third kappa shape index (κ3) is 2.11. The van der Waals surface area contributed by atoms with E-state index in [1.165, 1.54) is 18.2 Å². The zero-order valence-electron chi connectivity index (χ0n) is 8.26. The van der Waals surface area contributed by atoms with Crippen LogP contribution in [0.25, 0.3) is 11.3 Å². The highest BCUT2D eigenvalue weighted by atomic mass is 79.9. The molecule has 88 valence electrons. The van der Waals surface area contributed by atoms with Gasteiger partial charge in [0.05, 0.1) is 4.47 Å². The third-order valence-electron chi connectivity index (χ3n) is 2.03. The van der Waals surface area contributed by atoms with Crippen LogP contribution in [0.4, 0.5) is 4.39 Å². The maximum absolute atomic E-state index is 13.1. The Morgan fingerprint density at radius 3 is 2.88 bits per heavy atom. The predicted octanol–water partition coefficient (Wildman–Crippen LogP) is 1.73. The van der Waals surface area contributed by atoms with Crippen LogP contribution in [0.2, 0.25) is 0 Å². The molecule has 0 amide bonds. The zero-order valence-corrected chi connectivity index (χ0v) is 9.85. The Kier molecular flexibility index (Phi) is 3.05. The second-order valence-electron chi connectivity index (χ2n) is 3.08. The van der Waals surface area contributed by atoms with E-state index in [9.17, 15) is 4.39 Å². The molecule has 17 heavy (non-hydrogen) atoms. The third-order valence-corrected chi connectivity index (χ3v) is 2.64. The highest BCUT2D eigenvalue weighted by molar-refractivity contribution is 9.10. The fourth-order valence-electron chi connectivity index (χ4n) is 1.24. The fourth-order valence-corrected chi connectivity index (χ4v) is 1.62. The van der Waals surface area contributed by atoms with Crippen molar-refractivity contribution in [3.8, 4) is 11.3 Å². The van der Waals surface area contributed by atoms with Crippen LogP contribution in [0.3, 0.4) is 0 Å². The van der Waals surface area contributed by atoms with E-state index in [0.29, 0.717) is 5.56 Å². The van der Waals surface area contributed by atoms with E-state index in [1.807, 2.05) is 0 Å². The Morgan fingerprint density at radius 2 is 2.24 bits per heavy atom. The molecule has 6 nitrogen and oxygen atoms in total. The Morgan fingerprint density at radius 1 is 1.47 bits per heavy atom. The van der Waals surface area contributed by atoms with Crippen molar-refractivity contribution in [2.24, 2.45) is 10.9 Å². The summed E-state index contributed by atoms with van der Waals surface area (Å²) in [4.78, 5) is 0. The lowest BCUT2D eigenvalue weighted by Crippen LogP contribution is -2.14. The lowest BCUT2D eigenvalue weighted by atomic mass is 10.1. The molecule has 0 aliphatic heterocycles. The van der Waals surface area contributed by atoms with E-state index in [4.69, 9.17) is 10.9 Å². The van der Waals surface area contributed by atoms with Crippen molar-refractivity contribution < 1.29 is 14.2 Å². The highest BCUT2D eigenvalue weighted by Gasteiger charge is 2.17. The van der Waals surface area contributed by atoms with Crippen LogP contribution in [0.1, 0.15) is 5.69 Å². The van der Waals surface area contributed by atoms with Crippen molar-refractivity contribution in [1.82, 2.24) is 10.3 Å². The maximum atomic E-state index is 13.1. The van der Waals surface area contributed by atoms with Gasteiger partial charge in [0, 0.05) is 5.56 Å². The first kappa shape index (κ1) is 11.5. The summed E-state index contributed by atoms with van der Waals surface area (Å²) >= 11 is 3.05. The molecule has 0 aliphatic carbocycles. The van der Waals surface area contributed by atoms with Crippen LogP contribution in [-0.4, -0.2) is 21.4 Å². The number of amidine groups is 1. The van der Waals surface area contributed by atoms with Gasteiger partial charge in [-0.3, -0.25) is 0 Å². The first-order valence-electron chi connectivity index (χ1n) is 4.39. The topological polar surface area (TPSA) is 97.5 Å². The van der Waals surface area contributed by atoms with Gasteiger partial charge in [-0.05, 0) is 44.4 Å². The normalized spacial score (nSPS) is 11.8. The van der Waals surface area contributed by atoms with Gasteiger partial charge < -0.3 is 10.9 Å². The average Bonchev–Trinajstić information content (AvgIpc) is 2.80. The number of nitrogens with zero attached hydrogens (tertiary/aromatic N) is 3. The van der Waals surface area contributed by atoms with Gasteiger partial charge in [0.15, 0.2) is 11.5 Å². The molecule has 0 bridgehead atoms. The van der Waals surface area contributed by atoms with Gasteiger partial charge in [0.2, 0.25) is 0 Å². The lowest BCUT2D eigenvalue weighted by molar-refractivity contribution is 0.304. The lowest BCUT2D eigenvalue weighted by Gasteiger charge is -2.00. The fraction of sp³-hybridized carbons (Fsp3) is 0. The monoisotopic (exact) mass is 300 g/mol. The van der Waals surface area contributed by atoms with Crippen molar-refractivity contribution in [3.63, 3.8) is 0 Å². The quantitative estimate of drug-likeness (QED) is 0.381. The molecule has 0 fully saturated rings. The van der Waals surface area contributed by atoms with E-state index in [2.05, 4.69) is 36.0 Å². The van der Waals surface area contributed by atoms with Gasteiger partial charge >= 0.3 is 0 Å². The number of hydrogen-bond donors (Lipinski definition) is 2. The minimum Gasteiger partial charge on any atom is -0.409 e. The van der Waals surface area contributed by atoms with Crippen LogP contribution >= 0.6 is 15.9 Å². The number of halogens is 2. The highest BCUT2D eigenvalue weighted by Crippen LogP contribution is 2.25. The van der Waals surface area contributed by atoms with Gasteiger partial charge in [-0.2, -0.15) is 0 Å². The van der Waals surface area contributed by atoms with E-state index in [0.717, 1.165) is 0 Å². The Bertz CT molecular complexity index is 584. The smallest absolute Gasteiger partial charge is 0.194 e. The molecule has 0 saturated heterocycles. The summed E-state index contributed by atoms with van der Waals surface area (Å²) in [6.45, 7) is 0. The molecule has 8 heteroatoms. The number of hydrogen-bond acceptors (Lipinski definition) is 5. The molecule has 0 spiro atoms. The molecule has 2 aromatic rings. The SMILES string of the molecule is NC(=NO)c1nonc1-c1ccc(F)c(Br)c1. The summed E-state index contributed by atoms with van der Waals surface area (Å²) in [6, 6.07) is 4.22. The van der Waals surface area contributed by atoms with Gasteiger partial charge in [-0.1, -0.05) is 5.16 Å². The van der Waals surface area contributed by atoms with E-state index in [1.54, 1.807) is 0 Å². The summed E-state index contributed by atoms with van der Waals surface area (Å²) in [5.74, 6) is -0.641. The van der Waals surface area contributed by atoms with E-state index < -0.39 is 5.82 Å². The van der Waals surface area contributed by atoms with Gasteiger partial charge in [0.1, 0.15) is 11.5 Å². The summed E-state index contributed by atoms with van der Waals surface area (Å²) < 4.78 is 17.9. The molecule has 0 radical (unpaired) electrons. The Labute approximate surface area is 103 Å². The standard InChI is InChI=1S/C9H6BrFN4O2/c10-5-3-4(1-2-6(5)11)7-8(9(12)13-16)15-17-14-7/h1-3,16H,(H2,12,13). The second-order valence-corrected chi connectivity index (χ2v) is 3.93. The van der Waals surface area contributed by atoms with Crippen LogP contribution in [-0.2, 0) is 0 Å². The Balaban J connectivity index is 2.54. The molecule has 0 aliphatic rings. The van der Waals surface area contributed by atoms with Crippen molar-refractivity contribution in [1.29, 1.82) is 0 Å². The summed E-state index contributed by atoms with van der Waals surface area (Å²) in [6.07, 6.45) is 0. The maximum Gasteiger partial charge on any atom is 0.194 e. The molecular weight excluding hydrogens is 295 g/mol. The van der Waals surface area contributed by atoms with Crippen LogP contribution in [0, 0.1) is 5.82 Å². The minimum absolute atomic E-state index is 0.0889. The summed E-state index contributed by atoms with van der Waals surface area (Å²) in [5.41, 5.74) is 6.28. The molecule has 1 aromatic carbocycles. The number of oxime groups is 1. The number of aromatic nitrogens is 2. The first-order chi connectivity index (χ1) is 8.13. The van der Waals surface area contributed by atoms with Crippen molar-refractivity contribution in [2.45, 2.75) is 0 Å². The zero-order chi connectivity index (χ0) is 12.4. The Hall–Kier alpha value is -1.96.